The summed E-state index contributed by atoms with van der Waals surface area (Å²) < 4.78 is 1.04. The highest BCUT2D eigenvalue weighted by Crippen LogP contribution is 2.16. The van der Waals surface area contributed by atoms with Crippen LogP contribution < -0.4 is 10.6 Å². The van der Waals surface area contributed by atoms with Gasteiger partial charge < -0.3 is 10.6 Å². The first-order valence-electron chi connectivity index (χ1n) is 7.89. The summed E-state index contributed by atoms with van der Waals surface area (Å²) in [5.74, 6) is -0.322. The first-order chi connectivity index (χ1) is 11.4. The molecule has 0 fully saturated rings. The Kier molecular flexibility index (Phi) is 6.36. The highest BCUT2D eigenvalue weighted by Gasteiger charge is 2.11. The van der Waals surface area contributed by atoms with Crippen LogP contribution in [0.5, 0.6) is 0 Å². The second-order valence-electron chi connectivity index (χ2n) is 5.78. The van der Waals surface area contributed by atoms with Crippen LogP contribution in [-0.2, 0) is 0 Å². The Balaban J connectivity index is 2.12. The van der Waals surface area contributed by atoms with Gasteiger partial charge in [-0.2, -0.15) is 0 Å². The van der Waals surface area contributed by atoms with Crippen molar-refractivity contribution >= 4 is 40.1 Å². The van der Waals surface area contributed by atoms with Crippen LogP contribution in [0.1, 0.15) is 46.5 Å². The van der Waals surface area contributed by atoms with Crippen molar-refractivity contribution in [2.45, 2.75) is 33.2 Å². The molecule has 24 heavy (non-hydrogen) atoms. The number of nitrogens with one attached hydrogen (secondary N) is 2. The van der Waals surface area contributed by atoms with Gasteiger partial charge in [0.2, 0.25) is 0 Å². The Morgan fingerprint density at radius 3 is 2.46 bits per heavy atom. The normalized spacial score (nSPS) is 11.7. The molecule has 2 N–H and O–H groups in total. The number of benzene rings is 2. The van der Waals surface area contributed by atoms with Crippen molar-refractivity contribution in [2.75, 3.05) is 5.32 Å². The minimum Gasteiger partial charge on any atom is -0.350 e. The Morgan fingerprint density at radius 1 is 1.08 bits per heavy atom. The van der Waals surface area contributed by atoms with Gasteiger partial charge in [-0.1, -0.05) is 19.1 Å². The molecule has 0 radical (unpaired) electrons. The monoisotopic (exact) mass is 436 g/mol. The third-order valence-electron chi connectivity index (χ3n) is 3.81. The number of carbonyl (C=O) groups excluding carboxylic acids is 2. The Morgan fingerprint density at radius 2 is 1.79 bits per heavy atom. The SMILES string of the molecule is CCC(C)NC(=O)c1cccc(NC(=O)c2ccc(C)c(I)c2)c1. The van der Waals surface area contributed by atoms with Gasteiger partial charge in [0.05, 0.1) is 0 Å². The quantitative estimate of drug-likeness (QED) is 0.684. The van der Waals surface area contributed by atoms with E-state index in [4.69, 9.17) is 0 Å². The van der Waals surface area contributed by atoms with E-state index in [1.54, 1.807) is 30.3 Å². The largest absolute Gasteiger partial charge is 0.350 e. The van der Waals surface area contributed by atoms with Crippen LogP contribution in [0.25, 0.3) is 0 Å². The molecule has 0 aromatic heterocycles. The van der Waals surface area contributed by atoms with E-state index in [-0.39, 0.29) is 17.9 Å². The van der Waals surface area contributed by atoms with Crippen LogP contribution in [0, 0.1) is 10.5 Å². The van der Waals surface area contributed by atoms with Crippen LogP contribution >= 0.6 is 22.6 Å². The number of amides is 2. The molecule has 126 valence electrons. The maximum absolute atomic E-state index is 12.4. The van der Waals surface area contributed by atoms with Crippen molar-refractivity contribution < 1.29 is 9.59 Å². The van der Waals surface area contributed by atoms with Crippen molar-refractivity contribution in [3.63, 3.8) is 0 Å². The number of hydrogen-bond acceptors (Lipinski definition) is 2. The van der Waals surface area contributed by atoms with Gasteiger partial charge in [-0.15, -0.1) is 0 Å². The molecule has 0 saturated carbocycles. The van der Waals surface area contributed by atoms with E-state index < -0.39 is 0 Å². The maximum atomic E-state index is 12.4. The third kappa shape index (κ3) is 4.80. The summed E-state index contributed by atoms with van der Waals surface area (Å²) in [5.41, 5.74) is 2.87. The fourth-order valence-electron chi connectivity index (χ4n) is 2.08. The zero-order valence-electron chi connectivity index (χ0n) is 14.0. The van der Waals surface area contributed by atoms with Crippen LogP contribution in [0.2, 0.25) is 0 Å². The number of hydrogen-bond donors (Lipinski definition) is 2. The lowest BCUT2D eigenvalue weighted by Crippen LogP contribution is -2.31. The zero-order chi connectivity index (χ0) is 17.7. The lowest BCUT2D eigenvalue weighted by molar-refractivity contribution is 0.0938. The fraction of sp³-hybridized carbons (Fsp3) is 0.263. The molecule has 0 spiro atoms. The second-order valence-corrected chi connectivity index (χ2v) is 6.94. The molecule has 0 bridgehead atoms. The lowest BCUT2D eigenvalue weighted by atomic mass is 10.1. The number of anilines is 1. The van der Waals surface area contributed by atoms with Gasteiger partial charge in [0, 0.05) is 26.4 Å². The van der Waals surface area contributed by atoms with Gasteiger partial charge in [-0.25, -0.2) is 0 Å². The van der Waals surface area contributed by atoms with Crippen molar-refractivity contribution in [1.82, 2.24) is 5.32 Å². The number of carbonyl (C=O) groups is 2. The van der Waals surface area contributed by atoms with Crippen molar-refractivity contribution in [2.24, 2.45) is 0 Å². The summed E-state index contributed by atoms with van der Waals surface area (Å²) in [4.78, 5) is 24.5. The van der Waals surface area contributed by atoms with Crippen molar-refractivity contribution in [1.29, 1.82) is 0 Å². The topological polar surface area (TPSA) is 58.2 Å². The first kappa shape index (κ1) is 18.4. The summed E-state index contributed by atoms with van der Waals surface area (Å²) >= 11 is 2.21. The molecule has 4 nitrogen and oxygen atoms in total. The van der Waals surface area contributed by atoms with E-state index >= 15 is 0 Å². The number of rotatable bonds is 5. The molecule has 2 rings (SSSR count). The van der Waals surface area contributed by atoms with Crippen LogP contribution in [0.4, 0.5) is 5.69 Å². The minimum atomic E-state index is -0.188. The molecule has 2 aromatic carbocycles. The summed E-state index contributed by atoms with van der Waals surface area (Å²) in [7, 11) is 0. The first-order valence-corrected chi connectivity index (χ1v) is 8.97. The van der Waals surface area contributed by atoms with Gasteiger partial charge in [0.1, 0.15) is 0 Å². The molecule has 2 amide bonds. The summed E-state index contributed by atoms with van der Waals surface area (Å²) in [6.07, 6.45) is 0.869. The van der Waals surface area contributed by atoms with E-state index in [2.05, 4.69) is 33.2 Å². The zero-order valence-corrected chi connectivity index (χ0v) is 16.2. The molecule has 2 aromatic rings. The average molecular weight is 436 g/mol. The van der Waals surface area contributed by atoms with Gasteiger partial charge in [-0.3, -0.25) is 9.59 Å². The molecule has 0 aliphatic rings. The van der Waals surface area contributed by atoms with Gasteiger partial charge in [0.25, 0.3) is 11.8 Å². The minimum absolute atomic E-state index is 0.116. The van der Waals surface area contributed by atoms with E-state index in [1.165, 1.54) is 0 Å². The van der Waals surface area contributed by atoms with Crippen molar-refractivity contribution in [3.05, 3.63) is 62.7 Å². The summed E-state index contributed by atoms with van der Waals surface area (Å²) in [6, 6.07) is 12.7. The highest BCUT2D eigenvalue weighted by molar-refractivity contribution is 14.1. The molecule has 0 heterocycles. The summed E-state index contributed by atoms with van der Waals surface area (Å²) in [5, 5.41) is 5.76. The average Bonchev–Trinajstić information content (AvgIpc) is 2.57. The Hall–Kier alpha value is -1.89. The Labute approximate surface area is 156 Å². The Bertz CT molecular complexity index is 759. The molecular weight excluding hydrogens is 415 g/mol. The number of halogens is 1. The van der Waals surface area contributed by atoms with E-state index in [0.29, 0.717) is 16.8 Å². The van der Waals surface area contributed by atoms with Crippen LogP contribution in [0.3, 0.4) is 0 Å². The molecule has 0 saturated heterocycles. The maximum Gasteiger partial charge on any atom is 0.255 e. The predicted octanol–water partition coefficient (Wildman–Crippen LogP) is 4.38. The van der Waals surface area contributed by atoms with Gasteiger partial charge in [0.15, 0.2) is 0 Å². The standard InChI is InChI=1S/C19H21IN2O2/c1-4-13(3)21-18(23)14-6-5-7-16(10-14)22-19(24)15-9-8-12(2)17(20)11-15/h5-11,13H,4H2,1-3H3,(H,21,23)(H,22,24). The van der Waals surface area contributed by atoms with Gasteiger partial charge >= 0.3 is 0 Å². The van der Waals surface area contributed by atoms with Crippen LogP contribution in [-0.4, -0.2) is 17.9 Å². The van der Waals surface area contributed by atoms with E-state index in [1.807, 2.05) is 32.9 Å². The fourth-order valence-corrected chi connectivity index (χ4v) is 2.60. The molecule has 0 aliphatic heterocycles. The van der Waals surface area contributed by atoms with E-state index in [9.17, 15) is 9.59 Å². The highest BCUT2D eigenvalue weighted by atomic mass is 127. The molecule has 1 atom stereocenters. The summed E-state index contributed by atoms with van der Waals surface area (Å²) in [6.45, 7) is 5.98. The van der Waals surface area contributed by atoms with Gasteiger partial charge in [-0.05, 0) is 78.8 Å². The third-order valence-corrected chi connectivity index (χ3v) is 4.97. The van der Waals surface area contributed by atoms with E-state index in [0.717, 1.165) is 15.6 Å². The van der Waals surface area contributed by atoms with Crippen LogP contribution in [0.15, 0.2) is 42.5 Å². The number of aryl methyl sites for hydroxylation is 1. The second kappa shape index (κ2) is 8.28. The van der Waals surface area contributed by atoms with Crippen molar-refractivity contribution in [3.8, 4) is 0 Å². The molecular formula is C19H21IN2O2. The lowest BCUT2D eigenvalue weighted by Gasteiger charge is -2.12. The molecule has 5 heteroatoms. The molecule has 0 aliphatic carbocycles. The smallest absolute Gasteiger partial charge is 0.255 e. The predicted molar refractivity (Wildman–Crippen MR) is 106 cm³/mol. The molecule has 1 unspecified atom stereocenters.